The molecule has 25 heavy (non-hydrogen) atoms. The van der Waals surface area contributed by atoms with Crippen LogP contribution in [-0.2, 0) is 6.42 Å². The Morgan fingerprint density at radius 3 is 2.36 bits per heavy atom. The van der Waals surface area contributed by atoms with E-state index in [1.807, 2.05) is 43.0 Å². The Bertz CT molecular complexity index is 923. The topological polar surface area (TPSA) is 49.0 Å². The average Bonchev–Trinajstić information content (AvgIpc) is 3.15. The van der Waals surface area contributed by atoms with E-state index < -0.39 is 0 Å². The number of benzene rings is 2. The third kappa shape index (κ3) is 2.45. The molecule has 1 atom stereocenters. The zero-order chi connectivity index (χ0) is 17.6. The van der Waals surface area contributed by atoms with Crippen molar-refractivity contribution < 1.29 is 4.79 Å². The van der Waals surface area contributed by atoms with Crippen LogP contribution in [0.4, 0.5) is 5.69 Å². The molecule has 1 aliphatic heterocycles. The first-order valence-corrected chi connectivity index (χ1v) is 8.64. The minimum Gasteiger partial charge on any atom is -0.295 e. The van der Waals surface area contributed by atoms with Gasteiger partial charge in [0.25, 0.3) is 5.91 Å². The highest BCUT2D eigenvalue weighted by Gasteiger charge is 2.42. The maximum Gasteiger partial charge on any atom is 0.279 e. The molecule has 0 spiro atoms. The van der Waals surface area contributed by atoms with Crippen LogP contribution in [0.1, 0.15) is 51.4 Å². The smallest absolute Gasteiger partial charge is 0.279 e. The fraction of sp³-hybridized carbons (Fsp3) is 0.238. The lowest BCUT2D eigenvalue weighted by Gasteiger charge is -2.26. The first-order valence-electron chi connectivity index (χ1n) is 8.64. The first-order chi connectivity index (χ1) is 12.1. The number of carbonyl (C=O) groups excluding carboxylic acids is 1. The predicted octanol–water partition coefficient (Wildman–Crippen LogP) is 4.34. The van der Waals surface area contributed by atoms with Gasteiger partial charge in [-0.15, -0.1) is 0 Å². The molecule has 1 N–H and O–H groups in total. The molecule has 0 unspecified atom stereocenters. The van der Waals surface area contributed by atoms with Crippen LogP contribution in [0.2, 0.25) is 0 Å². The number of rotatable bonds is 3. The number of fused-ring (bicyclic) bond motifs is 1. The number of nitrogens with one attached hydrogen (secondary N) is 1. The number of aromatic amines is 1. The van der Waals surface area contributed by atoms with Crippen molar-refractivity contribution in [3.05, 3.63) is 82.2 Å². The Morgan fingerprint density at radius 2 is 1.72 bits per heavy atom. The highest BCUT2D eigenvalue weighted by molar-refractivity contribution is 6.10. The zero-order valence-electron chi connectivity index (χ0n) is 14.7. The largest absolute Gasteiger partial charge is 0.295 e. The maximum absolute atomic E-state index is 13.0. The van der Waals surface area contributed by atoms with Crippen LogP contribution in [0, 0.1) is 13.8 Å². The van der Waals surface area contributed by atoms with E-state index in [9.17, 15) is 4.79 Å². The molecular formula is C21H21N3O. The summed E-state index contributed by atoms with van der Waals surface area (Å²) >= 11 is 0. The van der Waals surface area contributed by atoms with Gasteiger partial charge >= 0.3 is 0 Å². The van der Waals surface area contributed by atoms with Crippen LogP contribution in [0.15, 0.2) is 48.5 Å². The lowest BCUT2D eigenvalue weighted by Crippen LogP contribution is -2.29. The summed E-state index contributed by atoms with van der Waals surface area (Å²) < 4.78 is 0. The van der Waals surface area contributed by atoms with Crippen molar-refractivity contribution in [3.63, 3.8) is 0 Å². The van der Waals surface area contributed by atoms with Gasteiger partial charge in [0.2, 0.25) is 0 Å². The Labute approximate surface area is 147 Å². The lowest BCUT2D eigenvalue weighted by atomic mass is 9.97. The van der Waals surface area contributed by atoms with Gasteiger partial charge in [0.1, 0.15) is 0 Å². The van der Waals surface area contributed by atoms with E-state index in [4.69, 9.17) is 0 Å². The number of amides is 1. The molecule has 4 nitrogen and oxygen atoms in total. The molecule has 0 radical (unpaired) electrons. The van der Waals surface area contributed by atoms with Crippen molar-refractivity contribution in [1.29, 1.82) is 0 Å². The molecule has 1 aliphatic rings. The quantitative estimate of drug-likeness (QED) is 0.776. The standard InChI is InChI=1S/C21H21N3O/c1-4-15-7-9-16(10-8-15)20-18-14(3)22-23-19(18)21(25)24(20)17-11-5-13(2)6-12-17/h5-12,20H,4H2,1-3H3,(H,22,23)/t20-/m1/s1. The van der Waals surface area contributed by atoms with E-state index >= 15 is 0 Å². The van der Waals surface area contributed by atoms with Gasteiger partial charge in [-0.1, -0.05) is 48.9 Å². The molecular weight excluding hydrogens is 310 g/mol. The van der Waals surface area contributed by atoms with Gasteiger partial charge in [0, 0.05) is 16.9 Å². The third-order valence-electron chi connectivity index (χ3n) is 4.96. The minimum absolute atomic E-state index is 0.0484. The van der Waals surface area contributed by atoms with Crippen LogP contribution < -0.4 is 4.90 Å². The van der Waals surface area contributed by atoms with Gasteiger partial charge in [-0.05, 0) is 43.5 Å². The highest BCUT2D eigenvalue weighted by Crippen LogP contribution is 2.42. The molecule has 0 saturated heterocycles. The highest BCUT2D eigenvalue weighted by atomic mass is 16.2. The summed E-state index contributed by atoms with van der Waals surface area (Å²) in [6.07, 6.45) is 1.00. The van der Waals surface area contributed by atoms with Crippen LogP contribution in [0.25, 0.3) is 0 Å². The summed E-state index contributed by atoms with van der Waals surface area (Å²) in [5, 5.41) is 7.24. The molecule has 126 valence electrons. The second-order valence-corrected chi connectivity index (χ2v) is 6.62. The second kappa shape index (κ2) is 5.88. The molecule has 2 aromatic carbocycles. The number of anilines is 1. The Kier molecular flexibility index (Phi) is 3.68. The predicted molar refractivity (Wildman–Crippen MR) is 99.0 cm³/mol. The number of carbonyl (C=O) groups is 1. The monoisotopic (exact) mass is 331 g/mol. The summed E-state index contributed by atoms with van der Waals surface area (Å²) in [5.41, 5.74) is 6.93. The van der Waals surface area contributed by atoms with Gasteiger partial charge < -0.3 is 0 Å². The van der Waals surface area contributed by atoms with Crippen LogP contribution in [0.5, 0.6) is 0 Å². The molecule has 0 fully saturated rings. The molecule has 4 rings (SSSR count). The molecule has 2 heterocycles. The fourth-order valence-corrected chi connectivity index (χ4v) is 3.52. The third-order valence-corrected chi connectivity index (χ3v) is 4.96. The van der Waals surface area contributed by atoms with Crippen molar-refractivity contribution in [2.75, 3.05) is 4.90 Å². The number of nitrogens with zero attached hydrogens (tertiary/aromatic N) is 2. The Hall–Kier alpha value is -2.88. The van der Waals surface area contributed by atoms with E-state index in [1.165, 1.54) is 11.1 Å². The van der Waals surface area contributed by atoms with Crippen molar-refractivity contribution in [2.24, 2.45) is 0 Å². The van der Waals surface area contributed by atoms with E-state index in [2.05, 4.69) is 41.4 Å². The SMILES string of the molecule is CCc1ccc([C@@H]2c3c(n[nH]c3C)C(=O)N2c2ccc(C)cc2)cc1. The summed E-state index contributed by atoms with van der Waals surface area (Å²) in [7, 11) is 0. The fourth-order valence-electron chi connectivity index (χ4n) is 3.52. The number of hydrogen-bond donors (Lipinski definition) is 1. The number of aromatic nitrogens is 2. The lowest BCUT2D eigenvalue weighted by molar-refractivity contribution is 0.0988. The summed E-state index contributed by atoms with van der Waals surface area (Å²) in [6.45, 7) is 6.17. The molecule has 1 aromatic heterocycles. The van der Waals surface area contributed by atoms with Gasteiger partial charge in [0.15, 0.2) is 5.69 Å². The molecule has 0 aliphatic carbocycles. The van der Waals surface area contributed by atoms with E-state index in [-0.39, 0.29) is 11.9 Å². The van der Waals surface area contributed by atoms with Gasteiger partial charge in [-0.3, -0.25) is 14.8 Å². The Balaban J connectivity index is 1.86. The normalized spacial score (nSPS) is 16.4. The van der Waals surface area contributed by atoms with Gasteiger partial charge in [0.05, 0.1) is 6.04 Å². The second-order valence-electron chi connectivity index (χ2n) is 6.62. The van der Waals surface area contributed by atoms with Crippen LogP contribution in [-0.4, -0.2) is 16.1 Å². The van der Waals surface area contributed by atoms with Crippen molar-refractivity contribution >= 4 is 11.6 Å². The molecule has 4 heteroatoms. The van der Waals surface area contributed by atoms with Crippen molar-refractivity contribution in [1.82, 2.24) is 10.2 Å². The average molecular weight is 331 g/mol. The maximum atomic E-state index is 13.0. The van der Waals surface area contributed by atoms with Crippen molar-refractivity contribution in [3.8, 4) is 0 Å². The summed E-state index contributed by atoms with van der Waals surface area (Å²) in [4.78, 5) is 14.9. The van der Waals surface area contributed by atoms with E-state index in [1.54, 1.807) is 0 Å². The summed E-state index contributed by atoms with van der Waals surface area (Å²) in [6, 6.07) is 16.5. The van der Waals surface area contributed by atoms with Crippen LogP contribution in [0.3, 0.4) is 0 Å². The number of hydrogen-bond acceptors (Lipinski definition) is 2. The van der Waals surface area contributed by atoms with Gasteiger partial charge in [-0.25, -0.2) is 0 Å². The summed E-state index contributed by atoms with van der Waals surface area (Å²) in [5.74, 6) is -0.0484. The Morgan fingerprint density at radius 1 is 1.04 bits per heavy atom. The minimum atomic E-state index is -0.144. The van der Waals surface area contributed by atoms with E-state index in [0.29, 0.717) is 5.69 Å². The zero-order valence-corrected chi connectivity index (χ0v) is 14.7. The van der Waals surface area contributed by atoms with E-state index in [0.717, 1.165) is 28.9 Å². The molecule has 0 bridgehead atoms. The van der Waals surface area contributed by atoms with Gasteiger partial charge in [-0.2, -0.15) is 5.10 Å². The molecule has 1 amide bonds. The molecule has 3 aromatic rings. The first kappa shape index (κ1) is 15.6. The molecule has 0 saturated carbocycles. The van der Waals surface area contributed by atoms with Crippen molar-refractivity contribution in [2.45, 2.75) is 33.2 Å². The van der Waals surface area contributed by atoms with Crippen LogP contribution >= 0.6 is 0 Å². The number of H-pyrrole nitrogens is 1. The number of aryl methyl sites for hydroxylation is 3.